The molecule has 0 saturated carbocycles. The van der Waals surface area contributed by atoms with Gasteiger partial charge in [0.15, 0.2) is 6.39 Å². The predicted octanol–water partition coefficient (Wildman–Crippen LogP) is 1.05. The SMILES string of the molecule is CN(C)CC1c2nc(CC(=O)NCc3ccc(F)cc3)c(O)c(=O)n2CCN1Cc1cocn1. The number of halogens is 1. The average Bonchev–Trinajstić information content (AvgIpc) is 3.31. The molecule has 1 aliphatic heterocycles. The van der Waals surface area contributed by atoms with Crippen molar-refractivity contribution in [2.24, 2.45) is 0 Å². The highest BCUT2D eigenvalue weighted by atomic mass is 19.1. The van der Waals surface area contributed by atoms with Gasteiger partial charge in [-0.25, -0.2) is 14.4 Å². The number of fused-ring (bicyclic) bond motifs is 1. The van der Waals surface area contributed by atoms with Crippen LogP contribution in [0.25, 0.3) is 0 Å². The summed E-state index contributed by atoms with van der Waals surface area (Å²) in [6, 6.07) is 5.52. The van der Waals surface area contributed by atoms with Crippen molar-refractivity contribution < 1.29 is 18.7 Å². The predicted molar refractivity (Wildman–Crippen MR) is 120 cm³/mol. The van der Waals surface area contributed by atoms with Crippen LogP contribution in [0.1, 0.15) is 28.8 Å². The van der Waals surface area contributed by atoms with Gasteiger partial charge < -0.3 is 19.7 Å². The summed E-state index contributed by atoms with van der Waals surface area (Å²) in [5.41, 5.74) is 0.960. The topological polar surface area (TPSA) is 117 Å². The first-order valence-corrected chi connectivity index (χ1v) is 10.9. The van der Waals surface area contributed by atoms with E-state index in [4.69, 9.17) is 4.42 Å². The van der Waals surface area contributed by atoms with E-state index in [2.05, 4.69) is 20.2 Å². The molecule has 1 amide bonds. The molecule has 180 valence electrons. The number of likely N-dealkylation sites (N-methyl/N-ethyl adjacent to an activating group) is 1. The molecular formula is C23H27FN6O4. The molecule has 0 saturated heterocycles. The number of benzene rings is 1. The second-order valence-electron chi connectivity index (χ2n) is 8.53. The van der Waals surface area contributed by atoms with Crippen LogP contribution in [0, 0.1) is 5.82 Å². The summed E-state index contributed by atoms with van der Waals surface area (Å²) in [6.45, 7) is 2.20. The van der Waals surface area contributed by atoms with Gasteiger partial charge in [-0.15, -0.1) is 0 Å². The molecule has 34 heavy (non-hydrogen) atoms. The lowest BCUT2D eigenvalue weighted by atomic mass is 10.1. The van der Waals surface area contributed by atoms with Gasteiger partial charge in [0.25, 0.3) is 5.56 Å². The number of carbonyl (C=O) groups excluding carboxylic acids is 1. The van der Waals surface area contributed by atoms with E-state index in [1.165, 1.54) is 23.1 Å². The van der Waals surface area contributed by atoms with E-state index < -0.39 is 17.2 Å². The maximum absolute atomic E-state index is 13.1. The van der Waals surface area contributed by atoms with Crippen molar-refractivity contribution in [3.05, 3.63) is 75.9 Å². The van der Waals surface area contributed by atoms with Crippen molar-refractivity contribution >= 4 is 5.91 Å². The summed E-state index contributed by atoms with van der Waals surface area (Å²) >= 11 is 0. The zero-order valence-electron chi connectivity index (χ0n) is 19.1. The molecular weight excluding hydrogens is 443 g/mol. The molecule has 3 aromatic rings. The Kier molecular flexibility index (Phi) is 7.03. The number of carbonyl (C=O) groups is 1. The molecule has 1 atom stereocenters. The van der Waals surface area contributed by atoms with E-state index in [-0.39, 0.29) is 30.5 Å². The van der Waals surface area contributed by atoms with Crippen LogP contribution >= 0.6 is 0 Å². The first kappa shape index (κ1) is 23.6. The minimum atomic E-state index is -0.559. The first-order valence-electron chi connectivity index (χ1n) is 10.9. The van der Waals surface area contributed by atoms with E-state index in [0.29, 0.717) is 32.0 Å². The van der Waals surface area contributed by atoms with E-state index in [9.17, 15) is 19.1 Å². The normalized spacial score (nSPS) is 15.9. The van der Waals surface area contributed by atoms with Gasteiger partial charge in [-0.3, -0.25) is 19.1 Å². The van der Waals surface area contributed by atoms with Crippen LogP contribution in [0.2, 0.25) is 0 Å². The molecule has 1 aromatic carbocycles. The van der Waals surface area contributed by atoms with Crippen LogP contribution in [0.4, 0.5) is 4.39 Å². The van der Waals surface area contributed by atoms with Crippen molar-refractivity contribution in [3.63, 3.8) is 0 Å². The minimum absolute atomic E-state index is 0.0277. The highest BCUT2D eigenvalue weighted by Gasteiger charge is 2.32. The number of hydrogen-bond donors (Lipinski definition) is 2. The molecule has 2 N–H and O–H groups in total. The highest BCUT2D eigenvalue weighted by molar-refractivity contribution is 5.78. The summed E-state index contributed by atoms with van der Waals surface area (Å²) in [7, 11) is 3.85. The number of rotatable bonds is 8. The monoisotopic (exact) mass is 470 g/mol. The molecule has 10 nitrogen and oxygen atoms in total. The molecule has 11 heteroatoms. The summed E-state index contributed by atoms with van der Waals surface area (Å²) < 4.78 is 19.6. The molecule has 0 bridgehead atoms. The van der Waals surface area contributed by atoms with E-state index >= 15 is 0 Å². The number of nitrogens with zero attached hydrogens (tertiary/aromatic N) is 5. The Bertz CT molecular complexity index is 1190. The largest absolute Gasteiger partial charge is 0.502 e. The second kappa shape index (κ2) is 10.1. The number of nitrogens with one attached hydrogen (secondary N) is 1. The van der Waals surface area contributed by atoms with Crippen molar-refractivity contribution in [1.82, 2.24) is 29.7 Å². The summed E-state index contributed by atoms with van der Waals surface area (Å²) in [4.78, 5) is 38.4. The molecule has 0 radical (unpaired) electrons. The fourth-order valence-corrected chi connectivity index (χ4v) is 4.02. The van der Waals surface area contributed by atoms with Gasteiger partial charge in [-0.05, 0) is 31.8 Å². The number of amides is 1. The average molecular weight is 471 g/mol. The molecule has 1 unspecified atom stereocenters. The lowest BCUT2D eigenvalue weighted by Crippen LogP contribution is -2.46. The number of hydrogen-bond acceptors (Lipinski definition) is 8. The quantitative estimate of drug-likeness (QED) is 0.502. The fourth-order valence-electron chi connectivity index (χ4n) is 4.02. The van der Waals surface area contributed by atoms with E-state index in [1.54, 1.807) is 18.4 Å². The minimum Gasteiger partial charge on any atom is -0.502 e. The van der Waals surface area contributed by atoms with Gasteiger partial charge in [0.1, 0.15) is 17.9 Å². The van der Waals surface area contributed by atoms with Gasteiger partial charge in [0.05, 0.1) is 23.9 Å². The molecule has 2 aromatic heterocycles. The molecule has 1 aliphatic rings. The van der Waals surface area contributed by atoms with Crippen LogP contribution < -0.4 is 10.9 Å². The van der Waals surface area contributed by atoms with Crippen LogP contribution in [0.15, 0.2) is 46.1 Å². The first-order chi connectivity index (χ1) is 16.3. The van der Waals surface area contributed by atoms with Crippen molar-refractivity contribution in [1.29, 1.82) is 0 Å². The third kappa shape index (κ3) is 5.32. The molecule has 0 aliphatic carbocycles. The standard InChI is InChI=1S/C23H27FN6O4/c1-28(2)12-19-22-27-18(9-20(31)25-10-15-3-5-16(24)6-4-15)21(32)23(33)30(22)8-7-29(19)11-17-13-34-14-26-17/h3-6,13-14,19,32H,7-12H2,1-2H3,(H,25,31). The smallest absolute Gasteiger partial charge is 0.296 e. The van der Waals surface area contributed by atoms with Crippen LogP contribution in [-0.2, 0) is 30.8 Å². The summed E-state index contributed by atoms with van der Waals surface area (Å²) in [5, 5.41) is 13.2. The van der Waals surface area contributed by atoms with Crippen molar-refractivity contribution in [2.45, 2.75) is 32.1 Å². The Morgan fingerprint density at radius 1 is 1.29 bits per heavy atom. The molecule has 4 rings (SSSR count). The van der Waals surface area contributed by atoms with Crippen molar-refractivity contribution in [2.75, 3.05) is 27.2 Å². The number of aromatic nitrogens is 3. The van der Waals surface area contributed by atoms with Crippen molar-refractivity contribution in [3.8, 4) is 5.75 Å². The molecule has 3 heterocycles. The van der Waals surface area contributed by atoms with Gasteiger partial charge in [-0.1, -0.05) is 12.1 Å². The molecule has 0 fully saturated rings. The number of aromatic hydroxyl groups is 1. The lowest BCUT2D eigenvalue weighted by molar-refractivity contribution is -0.120. The van der Waals surface area contributed by atoms with Crippen LogP contribution in [0.3, 0.4) is 0 Å². The van der Waals surface area contributed by atoms with Crippen LogP contribution in [-0.4, -0.2) is 62.5 Å². The second-order valence-corrected chi connectivity index (χ2v) is 8.53. The van der Waals surface area contributed by atoms with Gasteiger partial charge in [0.2, 0.25) is 11.7 Å². The van der Waals surface area contributed by atoms with Gasteiger partial charge >= 0.3 is 0 Å². The zero-order valence-corrected chi connectivity index (χ0v) is 19.1. The Labute approximate surface area is 195 Å². The Morgan fingerprint density at radius 2 is 2.06 bits per heavy atom. The summed E-state index contributed by atoms with van der Waals surface area (Å²) in [5.74, 6) is -0.790. The number of oxazole rings is 1. The highest BCUT2D eigenvalue weighted by Crippen LogP contribution is 2.27. The van der Waals surface area contributed by atoms with Crippen LogP contribution in [0.5, 0.6) is 5.75 Å². The zero-order chi connectivity index (χ0) is 24.2. The third-order valence-electron chi connectivity index (χ3n) is 5.71. The third-order valence-corrected chi connectivity index (χ3v) is 5.71. The Morgan fingerprint density at radius 3 is 2.74 bits per heavy atom. The maximum Gasteiger partial charge on any atom is 0.296 e. The van der Waals surface area contributed by atoms with E-state index in [0.717, 1.165) is 11.3 Å². The lowest BCUT2D eigenvalue weighted by Gasteiger charge is -2.38. The fraction of sp³-hybridized carbons (Fsp3) is 0.391. The maximum atomic E-state index is 13.1. The Balaban J connectivity index is 1.56. The summed E-state index contributed by atoms with van der Waals surface area (Å²) in [6.07, 6.45) is 2.70. The van der Waals surface area contributed by atoms with Gasteiger partial charge in [0, 0.05) is 32.7 Å². The Hall–Kier alpha value is -3.57. The van der Waals surface area contributed by atoms with E-state index in [1.807, 2.05) is 19.0 Å². The molecule has 0 spiro atoms. The van der Waals surface area contributed by atoms with Gasteiger partial charge in [-0.2, -0.15) is 0 Å².